The monoisotopic (exact) mass is 340 g/mol. The Kier molecular flexibility index (Phi) is 5.59. The van der Waals surface area contributed by atoms with Crippen LogP contribution < -0.4 is 5.32 Å². The minimum atomic E-state index is -4.42. The molecule has 0 saturated heterocycles. The lowest BCUT2D eigenvalue weighted by Gasteiger charge is -2.17. The van der Waals surface area contributed by atoms with Gasteiger partial charge in [0.15, 0.2) is 0 Å². The first kappa shape index (κ1) is 18.4. The van der Waals surface area contributed by atoms with E-state index in [2.05, 4.69) is 10.3 Å². The number of halogens is 4. The summed E-state index contributed by atoms with van der Waals surface area (Å²) in [5.41, 5.74) is 0.0659. The van der Waals surface area contributed by atoms with Gasteiger partial charge in [-0.15, -0.1) is 0 Å². The Hall–Kier alpha value is -1.95. The van der Waals surface area contributed by atoms with Crippen LogP contribution in [-0.4, -0.2) is 11.0 Å². The van der Waals surface area contributed by atoms with Crippen LogP contribution in [-0.2, 0) is 12.7 Å². The summed E-state index contributed by atoms with van der Waals surface area (Å²) in [6.07, 6.45) is -4.42. The van der Waals surface area contributed by atoms with Gasteiger partial charge in [0, 0.05) is 18.2 Å². The third kappa shape index (κ3) is 4.54. The highest BCUT2D eigenvalue weighted by Gasteiger charge is 2.30. The quantitative estimate of drug-likeness (QED) is 0.771. The maximum Gasteiger partial charge on any atom is 0.416 e. The van der Waals surface area contributed by atoms with Crippen molar-refractivity contribution < 1.29 is 17.6 Å². The highest BCUT2D eigenvalue weighted by molar-refractivity contribution is 5.60. The largest absolute Gasteiger partial charge is 0.416 e. The third-order valence-electron chi connectivity index (χ3n) is 4.00. The lowest BCUT2D eigenvalue weighted by atomic mass is 10.1. The van der Waals surface area contributed by atoms with E-state index in [1.54, 1.807) is 0 Å². The minimum Gasteiger partial charge on any atom is -0.308 e. The molecule has 1 atom stereocenters. The van der Waals surface area contributed by atoms with Crippen molar-refractivity contribution in [3.05, 3.63) is 53.5 Å². The van der Waals surface area contributed by atoms with E-state index < -0.39 is 17.6 Å². The van der Waals surface area contributed by atoms with Crippen molar-refractivity contribution in [1.82, 2.24) is 10.3 Å². The molecule has 130 valence electrons. The molecule has 0 aliphatic heterocycles. The Labute approximate surface area is 138 Å². The van der Waals surface area contributed by atoms with Crippen LogP contribution in [0.5, 0.6) is 0 Å². The lowest BCUT2D eigenvalue weighted by Crippen LogP contribution is -2.30. The fourth-order valence-electron chi connectivity index (χ4n) is 2.12. The molecule has 1 heterocycles. The number of rotatable bonds is 5. The molecule has 0 radical (unpaired) electrons. The predicted molar refractivity (Wildman–Crippen MR) is 85.8 cm³/mol. The van der Waals surface area contributed by atoms with Crippen molar-refractivity contribution in [2.45, 2.75) is 39.5 Å². The second kappa shape index (κ2) is 7.30. The Morgan fingerprint density at radius 1 is 1.08 bits per heavy atom. The molecule has 6 heteroatoms. The number of alkyl halides is 3. The molecule has 0 unspecified atom stereocenters. The lowest BCUT2D eigenvalue weighted by molar-refractivity contribution is -0.137. The van der Waals surface area contributed by atoms with Crippen molar-refractivity contribution >= 4 is 0 Å². The van der Waals surface area contributed by atoms with E-state index in [0.717, 1.165) is 12.1 Å². The summed E-state index contributed by atoms with van der Waals surface area (Å²) in [5, 5.41) is 3.17. The molecule has 0 fully saturated rings. The maximum absolute atomic E-state index is 13.9. The highest BCUT2D eigenvalue weighted by atomic mass is 19.4. The number of benzene rings is 1. The van der Waals surface area contributed by atoms with Gasteiger partial charge < -0.3 is 5.32 Å². The summed E-state index contributed by atoms with van der Waals surface area (Å²) < 4.78 is 52.4. The van der Waals surface area contributed by atoms with E-state index in [1.165, 1.54) is 24.3 Å². The minimum absolute atomic E-state index is 0.170. The van der Waals surface area contributed by atoms with Crippen LogP contribution in [0.15, 0.2) is 36.4 Å². The highest BCUT2D eigenvalue weighted by Crippen LogP contribution is 2.31. The van der Waals surface area contributed by atoms with Gasteiger partial charge in [0.2, 0.25) is 0 Å². The molecule has 2 nitrogen and oxygen atoms in total. The topological polar surface area (TPSA) is 24.9 Å². The van der Waals surface area contributed by atoms with E-state index >= 15 is 0 Å². The summed E-state index contributed by atoms with van der Waals surface area (Å²) in [7, 11) is 0. The number of pyridine rings is 1. The molecule has 0 saturated carbocycles. The zero-order valence-corrected chi connectivity index (χ0v) is 13.8. The van der Waals surface area contributed by atoms with Gasteiger partial charge >= 0.3 is 6.18 Å². The van der Waals surface area contributed by atoms with Crippen LogP contribution in [0.2, 0.25) is 0 Å². The number of nitrogens with zero attached hydrogens (tertiary/aromatic N) is 1. The van der Waals surface area contributed by atoms with Crippen molar-refractivity contribution in [2.24, 2.45) is 5.92 Å². The van der Waals surface area contributed by atoms with Gasteiger partial charge in [0.25, 0.3) is 0 Å². The van der Waals surface area contributed by atoms with Crippen molar-refractivity contribution in [1.29, 1.82) is 0 Å². The third-order valence-corrected chi connectivity index (χ3v) is 4.00. The first-order chi connectivity index (χ1) is 11.2. The average Bonchev–Trinajstić information content (AvgIpc) is 2.53. The molecule has 0 amide bonds. The van der Waals surface area contributed by atoms with Gasteiger partial charge in [-0.1, -0.05) is 26.0 Å². The molecule has 2 rings (SSSR count). The molecular formula is C18H20F4N2. The van der Waals surface area contributed by atoms with Crippen LogP contribution in [0.4, 0.5) is 17.6 Å². The summed E-state index contributed by atoms with van der Waals surface area (Å²) in [6.45, 7) is 6.29. The number of aromatic nitrogens is 1. The predicted octanol–water partition coefficient (Wildman–Crippen LogP) is 5.04. The van der Waals surface area contributed by atoms with Crippen molar-refractivity contribution in [2.75, 3.05) is 0 Å². The van der Waals surface area contributed by atoms with E-state index in [1.807, 2.05) is 20.8 Å². The number of nitrogens with one attached hydrogen (secondary N) is 1. The molecule has 0 aliphatic carbocycles. The van der Waals surface area contributed by atoms with E-state index in [4.69, 9.17) is 0 Å². The molecule has 0 bridgehead atoms. The number of hydrogen-bond acceptors (Lipinski definition) is 2. The molecule has 24 heavy (non-hydrogen) atoms. The zero-order valence-electron chi connectivity index (χ0n) is 13.8. The van der Waals surface area contributed by atoms with Gasteiger partial charge in [-0.2, -0.15) is 13.2 Å². The molecule has 1 aromatic carbocycles. The average molecular weight is 340 g/mol. The SMILES string of the molecule is CC(C)[C@@H](C)NCc1nc(-c2cccc(C(F)(F)F)c2)ccc1F. The van der Waals surface area contributed by atoms with Crippen molar-refractivity contribution in [3.8, 4) is 11.3 Å². The van der Waals surface area contributed by atoms with E-state index in [0.29, 0.717) is 17.2 Å². The van der Waals surface area contributed by atoms with E-state index in [-0.39, 0.29) is 18.3 Å². The second-order valence-corrected chi connectivity index (χ2v) is 6.12. The van der Waals surface area contributed by atoms with Crippen LogP contribution >= 0.6 is 0 Å². The Morgan fingerprint density at radius 3 is 2.42 bits per heavy atom. The smallest absolute Gasteiger partial charge is 0.308 e. The van der Waals surface area contributed by atoms with Crippen LogP contribution in [0.25, 0.3) is 11.3 Å². The zero-order chi connectivity index (χ0) is 17.9. The summed E-state index contributed by atoms with van der Waals surface area (Å²) in [5.74, 6) is -0.103. The van der Waals surface area contributed by atoms with Gasteiger partial charge in [-0.3, -0.25) is 0 Å². The standard InChI is InChI=1S/C18H20F4N2/c1-11(2)12(3)23-10-17-15(19)7-8-16(24-17)13-5-4-6-14(9-13)18(20,21)22/h4-9,11-12,23H,10H2,1-3H3/t12-/m1/s1. The van der Waals surface area contributed by atoms with Gasteiger partial charge in [0.1, 0.15) is 5.82 Å². The molecule has 1 aromatic heterocycles. The fourth-order valence-corrected chi connectivity index (χ4v) is 2.12. The van der Waals surface area contributed by atoms with Gasteiger partial charge in [0.05, 0.1) is 17.0 Å². The second-order valence-electron chi connectivity index (χ2n) is 6.12. The van der Waals surface area contributed by atoms with Crippen LogP contribution in [0.3, 0.4) is 0 Å². The normalized spacial score (nSPS) is 13.3. The Morgan fingerprint density at radius 2 is 1.79 bits per heavy atom. The van der Waals surface area contributed by atoms with Gasteiger partial charge in [-0.25, -0.2) is 9.37 Å². The van der Waals surface area contributed by atoms with Gasteiger partial charge in [-0.05, 0) is 37.1 Å². The first-order valence-corrected chi connectivity index (χ1v) is 7.75. The summed E-state index contributed by atoms with van der Waals surface area (Å²) in [6, 6.07) is 7.67. The van der Waals surface area contributed by atoms with Crippen LogP contribution in [0.1, 0.15) is 32.0 Å². The summed E-state index contributed by atoms with van der Waals surface area (Å²) in [4.78, 5) is 4.19. The van der Waals surface area contributed by atoms with Crippen LogP contribution in [0, 0.1) is 11.7 Å². The summed E-state index contributed by atoms with van der Waals surface area (Å²) >= 11 is 0. The maximum atomic E-state index is 13.9. The number of hydrogen-bond donors (Lipinski definition) is 1. The molecule has 0 aliphatic rings. The molecule has 2 aromatic rings. The fraction of sp³-hybridized carbons (Fsp3) is 0.389. The van der Waals surface area contributed by atoms with Crippen molar-refractivity contribution in [3.63, 3.8) is 0 Å². The molecule has 1 N–H and O–H groups in total. The Bertz CT molecular complexity index is 696. The first-order valence-electron chi connectivity index (χ1n) is 7.75. The Balaban J connectivity index is 2.28. The molecular weight excluding hydrogens is 320 g/mol. The van der Waals surface area contributed by atoms with E-state index in [9.17, 15) is 17.6 Å². The molecule has 0 spiro atoms.